The Labute approximate surface area is 123 Å². The molecule has 0 heterocycles. The van der Waals surface area contributed by atoms with E-state index >= 15 is 0 Å². The van der Waals surface area contributed by atoms with Crippen molar-refractivity contribution in [3.05, 3.63) is 69.5 Å². The maximum atomic E-state index is 13.6. The number of hydrogen-bond acceptors (Lipinski definition) is 5. The Hall–Kier alpha value is -3.29. The fourth-order valence-electron chi connectivity index (χ4n) is 1.77. The van der Waals surface area contributed by atoms with Crippen molar-refractivity contribution in [2.75, 3.05) is 5.32 Å². The van der Waals surface area contributed by atoms with E-state index in [1.165, 1.54) is 18.2 Å². The van der Waals surface area contributed by atoms with E-state index in [1.54, 1.807) is 0 Å². The molecule has 0 saturated heterocycles. The van der Waals surface area contributed by atoms with Crippen molar-refractivity contribution >= 4 is 23.3 Å². The third-order valence-electron chi connectivity index (χ3n) is 2.80. The number of aromatic carboxylic acids is 1. The molecule has 0 saturated carbocycles. The summed E-state index contributed by atoms with van der Waals surface area (Å²) in [7, 11) is 0. The summed E-state index contributed by atoms with van der Waals surface area (Å²) in [4.78, 5) is 32.9. The molecule has 0 spiro atoms. The fourth-order valence-corrected chi connectivity index (χ4v) is 1.77. The lowest BCUT2D eigenvalue weighted by molar-refractivity contribution is -0.384. The number of nitrogens with zero attached hydrogens (tertiary/aromatic N) is 1. The Kier molecular flexibility index (Phi) is 4.12. The Bertz CT molecular complexity index is 776. The molecule has 8 heteroatoms. The van der Waals surface area contributed by atoms with Gasteiger partial charge in [-0.25, -0.2) is 4.39 Å². The maximum absolute atomic E-state index is 13.6. The van der Waals surface area contributed by atoms with Gasteiger partial charge in [0.05, 0.1) is 16.6 Å². The van der Waals surface area contributed by atoms with E-state index in [0.717, 1.165) is 24.3 Å². The number of nitro benzene ring substituents is 1. The monoisotopic (exact) mass is 303 g/mol. The van der Waals surface area contributed by atoms with Gasteiger partial charge in [-0.2, -0.15) is 0 Å². The second-order valence-electron chi connectivity index (χ2n) is 4.21. The van der Waals surface area contributed by atoms with Crippen LogP contribution >= 0.6 is 0 Å². The normalized spacial score (nSPS) is 10.0. The summed E-state index contributed by atoms with van der Waals surface area (Å²) in [5, 5.41) is 23.7. The van der Waals surface area contributed by atoms with Crippen LogP contribution in [0, 0.1) is 15.9 Å². The molecule has 0 radical (unpaired) electrons. The number of amides is 1. The number of benzene rings is 2. The van der Waals surface area contributed by atoms with E-state index in [2.05, 4.69) is 5.32 Å². The number of carbonyl (C=O) groups excluding carboxylic acids is 2. The standard InChI is InChI=1S/C14H9FN2O5/c15-11-6-5-8(17(21)22)7-12(11)16-13(18)9-3-1-2-4-10(9)14(19)20/h1-7H,(H,16,18)(H,19,20)/p-1. The second kappa shape index (κ2) is 6.00. The zero-order valence-electron chi connectivity index (χ0n) is 10.9. The maximum Gasteiger partial charge on any atom is 0.271 e. The molecule has 2 rings (SSSR count). The molecule has 7 nitrogen and oxygen atoms in total. The fraction of sp³-hybridized carbons (Fsp3) is 0. The molecule has 0 unspecified atom stereocenters. The number of nitrogens with one attached hydrogen (secondary N) is 1. The Morgan fingerprint density at radius 1 is 1.09 bits per heavy atom. The summed E-state index contributed by atoms with van der Waals surface area (Å²) in [6.45, 7) is 0. The van der Waals surface area contributed by atoms with E-state index in [1.807, 2.05) is 0 Å². The highest BCUT2D eigenvalue weighted by molar-refractivity contribution is 6.10. The topological polar surface area (TPSA) is 112 Å². The quantitative estimate of drug-likeness (QED) is 0.676. The van der Waals surface area contributed by atoms with E-state index in [4.69, 9.17) is 0 Å². The van der Waals surface area contributed by atoms with Crippen molar-refractivity contribution in [1.82, 2.24) is 0 Å². The first kappa shape index (κ1) is 15.1. The second-order valence-corrected chi connectivity index (χ2v) is 4.21. The zero-order valence-corrected chi connectivity index (χ0v) is 10.9. The van der Waals surface area contributed by atoms with Crippen LogP contribution in [0.4, 0.5) is 15.8 Å². The lowest BCUT2D eigenvalue weighted by Crippen LogP contribution is -2.26. The molecular weight excluding hydrogens is 295 g/mol. The minimum Gasteiger partial charge on any atom is -0.545 e. The van der Waals surface area contributed by atoms with Crippen LogP contribution in [0.15, 0.2) is 42.5 Å². The predicted molar refractivity (Wildman–Crippen MR) is 71.8 cm³/mol. The molecule has 0 fully saturated rings. The average molecular weight is 303 g/mol. The summed E-state index contributed by atoms with van der Waals surface area (Å²) < 4.78 is 13.6. The van der Waals surface area contributed by atoms with Crippen molar-refractivity contribution in [3.63, 3.8) is 0 Å². The molecule has 0 atom stereocenters. The van der Waals surface area contributed by atoms with Crippen molar-refractivity contribution in [2.24, 2.45) is 0 Å². The molecule has 1 N–H and O–H groups in total. The van der Waals surface area contributed by atoms with Crippen LogP contribution in [0.1, 0.15) is 20.7 Å². The largest absolute Gasteiger partial charge is 0.545 e. The van der Waals surface area contributed by atoms with Crippen LogP contribution in [0.2, 0.25) is 0 Å². The van der Waals surface area contributed by atoms with Crippen LogP contribution in [-0.4, -0.2) is 16.8 Å². The van der Waals surface area contributed by atoms with E-state index < -0.39 is 34.0 Å². The Morgan fingerprint density at radius 3 is 2.32 bits per heavy atom. The number of rotatable bonds is 4. The predicted octanol–water partition coefficient (Wildman–Crippen LogP) is 1.35. The first-order valence-corrected chi connectivity index (χ1v) is 5.96. The number of hydrogen-bond donors (Lipinski definition) is 1. The van der Waals surface area contributed by atoms with Crippen molar-refractivity contribution < 1.29 is 24.0 Å². The highest BCUT2D eigenvalue weighted by Gasteiger charge is 2.16. The molecular formula is C14H8FN2O5-. The number of halogens is 1. The van der Waals surface area contributed by atoms with E-state index in [0.29, 0.717) is 0 Å². The summed E-state index contributed by atoms with van der Waals surface area (Å²) >= 11 is 0. The molecule has 22 heavy (non-hydrogen) atoms. The van der Waals surface area contributed by atoms with Crippen LogP contribution < -0.4 is 10.4 Å². The van der Waals surface area contributed by atoms with Gasteiger partial charge >= 0.3 is 0 Å². The van der Waals surface area contributed by atoms with Crippen molar-refractivity contribution in [2.45, 2.75) is 0 Å². The molecule has 0 aromatic heterocycles. The number of carbonyl (C=O) groups is 2. The van der Waals surface area contributed by atoms with Crippen LogP contribution in [0.5, 0.6) is 0 Å². The van der Waals surface area contributed by atoms with Crippen LogP contribution in [0.25, 0.3) is 0 Å². The summed E-state index contributed by atoms with van der Waals surface area (Å²) in [5.74, 6) is -3.37. The van der Waals surface area contributed by atoms with Crippen LogP contribution in [-0.2, 0) is 0 Å². The summed E-state index contributed by atoms with van der Waals surface area (Å²) in [5.41, 5.74) is -1.45. The molecule has 1 amide bonds. The van der Waals surface area contributed by atoms with Crippen LogP contribution in [0.3, 0.4) is 0 Å². The summed E-state index contributed by atoms with van der Waals surface area (Å²) in [6.07, 6.45) is 0. The molecule has 0 bridgehead atoms. The van der Waals surface area contributed by atoms with Crippen molar-refractivity contribution in [1.29, 1.82) is 0 Å². The molecule has 2 aromatic rings. The van der Waals surface area contributed by atoms with Gasteiger partial charge in [-0.15, -0.1) is 0 Å². The van der Waals surface area contributed by atoms with Gasteiger partial charge in [0.25, 0.3) is 11.6 Å². The Morgan fingerprint density at radius 2 is 1.73 bits per heavy atom. The third kappa shape index (κ3) is 3.06. The smallest absolute Gasteiger partial charge is 0.271 e. The van der Waals surface area contributed by atoms with Gasteiger partial charge in [-0.3, -0.25) is 14.9 Å². The molecule has 0 aliphatic rings. The van der Waals surface area contributed by atoms with Gasteiger partial charge in [0, 0.05) is 23.3 Å². The molecule has 2 aromatic carbocycles. The molecule has 0 aliphatic heterocycles. The van der Waals surface area contributed by atoms with Gasteiger partial charge in [0.1, 0.15) is 5.82 Å². The van der Waals surface area contributed by atoms with E-state index in [9.17, 15) is 29.2 Å². The SMILES string of the molecule is O=C([O-])c1ccccc1C(=O)Nc1cc([N+](=O)[O-])ccc1F. The number of anilines is 1. The van der Waals surface area contributed by atoms with Gasteiger partial charge in [0.15, 0.2) is 0 Å². The van der Waals surface area contributed by atoms with Gasteiger partial charge < -0.3 is 15.2 Å². The molecule has 112 valence electrons. The first-order valence-electron chi connectivity index (χ1n) is 5.96. The van der Waals surface area contributed by atoms with Gasteiger partial charge in [-0.05, 0) is 12.1 Å². The minimum absolute atomic E-state index is 0.242. The highest BCUT2D eigenvalue weighted by atomic mass is 19.1. The van der Waals surface area contributed by atoms with Gasteiger partial charge in [0.2, 0.25) is 0 Å². The van der Waals surface area contributed by atoms with Gasteiger partial charge in [-0.1, -0.05) is 18.2 Å². The summed E-state index contributed by atoms with van der Waals surface area (Å²) in [6, 6.07) is 7.82. The third-order valence-corrected chi connectivity index (χ3v) is 2.80. The number of carboxylic acids is 1. The Balaban J connectivity index is 2.36. The average Bonchev–Trinajstić information content (AvgIpc) is 2.49. The lowest BCUT2D eigenvalue weighted by atomic mass is 10.1. The van der Waals surface area contributed by atoms with Crippen molar-refractivity contribution in [3.8, 4) is 0 Å². The number of nitro groups is 1. The zero-order chi connectivity index (χ0) is 16.3. The number of carboxylic acid groups (broad SMARTS) is 1. The lowest BCUT2D eigenvalue weighted by Gasteiger charge is -2.11. The number of non-ortho nitro benzene ring substituents is 1. The first-order chi connectivity index (χ1) is 10.4. The molecule has 0 aliphatic carbocycles. The minimum atomic E-state index is -1.56. The highest BCUT2D eigenvalue weighted by Crippen LogP contribution is 2.22. The van der Waals surface area contributed by atoms with E-state index in [-0.39, 0.29) is 11.1 Å².